The number of carbonyl (C=O) groups excluding carboxylic acids is 2. The number of nitrogens with one attached hydrogen (secondary N) is 1. The van der Waals surface area contributed by atoms with Gasteiger partial charge in [0, 0.05) is 18.4 Å². The summed E-state index contributed by atoms with van der Waals surface area (Å²) in [6.07, 6.45) is 5.53. The number of piperidine rings is 1. The summed E-state index contributed by atoms with van der Waals surface area (Å²) in [7, 11) is 0. The van der Waals surface area contributed by atoms with Crippen LogP contribution in [0.25, 0.3) is 0 Å². The Morgan fingerprint density at radius 1 is 1.30 bits per heavy atom. The molecule has 2 aliphatic rings. The lowest BCUT2D eigenvalue weighted by molar-refractivity contribution is -0.144. The van der Waals surface area contributed by atoms with Crippen LogP contribution in [0.4, 0.5) is 0 Å². The van der Waals surface area contributed by atoms with E-state index in [0.29, 0.717) is 12.5 Å². The van der Waals surface area contributed by atoms with Crippen LogP contribution < -0.4 is 5.32 Å². The molecular weight excluding hydrogens is 252 g/mol. The Morgan fingerprint density at radius 3 is 2.70 bits per heavy atom. The van der Waals surface area contributed by atoms with Gasteiger partial charge in [0.15, 0.2) is 0 Å². The molecule has 2 fully saturated rings. The summed E-state index contributed by atoms with van der Waals surface area (Å²) in [6, 6.07) is 0.544. The summed E-state index contributed by atoms with van der Waals surface area (Å²) in [5.41, 5.74) is -0.0843. The summed E-state index contributed by atoms with van der Waals surface area (Å²) < 4.78 is 0. The van der Waals surface area contributed by atoms with Crippen LogP contribution in [-0.4, -0.2) is 35.8 Å². The van der Waals surface area contributed by atoms with Crippen molar-refractivity contribution in [1.82, 2.24) is 10.2 Å². The molecule has 114 valence electrons. The molecule has 4 nitrogen and oxygen atoms in total. The van der Waals surface area contributed by atoms with Crippen molar-refractivity contribution in [2.45, 2.75) is 65.3 Å². The molecule has 2 aliphatic heterocycles. The number of imide groups is 1. The van der Waals surface area contributed by atoms with E-state index in [1.165, 1.54) is 0 Å². The molecule has 1 spiro atoms. The number of likely N-dealkylation sites (tertiary alicyclic amines) is 1. The normalized spacial score (nSPS) is 32.5. The Kier molecular flexibility index (Phi) is 4.84. The molecule has 4 heteroatoms. The third-order valence-electron chi connectivity index (χ3n) is 5.16. The van der Waals surface area contributed by atoms with E-state index < -0.39 is 0 Å². The van der Waals surface area contributed by atoms with Crippen molar-refractivity contribution in [2.75, 3.05) is 13.1 Å². The lowest BCUT2D eigenvalue weighted by Gasteiger charge is -2.42. The highest BCUT2D eigenvalue weighted by Crippen LogP contribution is 2.46. The molecule has 0 saturated carbocycles. The van der Waals surface area contributed by atoms with Crippen LogP contribution in [0.5, 0.6) is 0 Å². The number of rotatable bonds is 3. The summed E-state index contributed by atoms with van der Waals surface area (Å²) in [4.78, 5) is 26.6. The molecule has 2 heterocycles. The van der Waals surface area contributed by atoms with Crippen LogP contribution in [0.1, 0.15) is 59.3 Å². The second-order valence-corrected chi connectivity index (χ2v) is 6.78. The van der Waals surface area contributed by atoms with Gasteiger partial charge < -0.3 is 4.90 Å². The first-order valence-electron chi connectivity index (χ1n) is 8.06. The summed E-state index contributed by atoms with van der Waals surface area (Å²) in [5.74, 6) is -0.0706. The van der Waals surface area contributed by atoms with Gasteiger partial charge in [-0.25, -0.2) is 0 Å². The van der Waals surface area contributed by atoms with Crippen LogP contribution in [0, 0.1) is 11.3 Å². The van der Waals surface area contributed by atoms with E-state index in [9.17, 15) is 9.59 Å². The van der Waals surface area contributed by atoms with Crippen molar-refractivity contribution >= 4 is 11.8 Å². The zero-order chi connectivity index (χ0) is 14.8. The number of amides is 2. The van der Waals surface area contributed by atoms with Gasteiger partial charge >= 0.3 is 0 Å². The van der Waals surface area contributed by atoms with Gasteiger partial charge in [-0.15, -0.1) is 0 Å². The molecule has 2 rings (SSSR count). The minimum Gasteiger partial charge on any atom is -0.301 e. The van der Waals surface area contributed by atoms with Crippen LogP contribution in [0.15, 0.2) is 0 Å². The van der Waals surface area contributed by atoms with E-state index in [-0.39, 0.29) is 23.1 Å². The zero-order valence-electron chi connectivity index (χ0n) is 13.1. The zero-order valence-corrected chi connectivity index (χ0v) is 13.1. The first kappa shape index (κ1) is 15.5. The highest BCUT2D eigenvalue weighted by molar-refractivity contribution is 5.99. The van der Waals surface area contributed by atoms with Crippen molar-refractivity contribution in [3.05, 3.63) is 0 Å². The molecule has 0 aromatic heterocycles. The molecule has 0 aliphatic carbocycles. The quantitative estimate of drug-likeness (QED) is 0.807. The average Bonchev–Trinajstić information content (AvgIpc) is 2.57. The highest BCUT2D eigenvalue weighted by atomic mass is 16.2. The first-order valence-corrected chi connectivity index (χ1v) is 8.06. The smallest absolute Gasteiger partial charge is 0.230 e. The molecule has 20 heavy (non-hydrogen) atoms. The number of carbonyl (C=O) groups is 2. The van der Waals surface area contributed by atoms with Gasteiger partial charge in [0.1, 0.15) is 0 Å². The second kappa shape index (κ2) is 6.25. The highest BCUT2D eigenvalue weighted by Gasteiger charge is 2.48. The maximum absolute atomic E-state index is 12.3. The fraction of sp³-hybridized carbons (Fsp3) is 0.875. The molecule has 2 unspecified atom stereocenters. The molecule has 0 bridgehead atoms. The molecule has 2 saturated heterocycles. The largest absolute Gasteiger partial charge is 0.301 e. The predicted octanol–water partition coefficient (Wildman–Crippen LogP) is 2.33. The SMILES string of the molecule is CCCC1C(=O)NC(=O)CC12CCCN(C(C)C)CC2. The van der Waals surface area contributed by atoms with Gasteiger partial charge in [-0.2, -0.15) is 0 Å². The van der Waals surface area contributed by atoms with Gasteiger partial charge in [-0.1, -0.05) is 13.3 Å². The molecule has 2 atom stereocenters. The third-order valence-corrected chi connectivity index (χ3v) is 5.16. The van der Waals surface area contributed by atoms with Crippen LogP contribution >= 0.6 is 0 Å². The van der Waals surface area contributed by atoms with E-state index in [0.717, 1.165) is 45.2 Å². The van der Waals surface area contributed by atoms with Crippen molar-refractivity contribution in [2.24, 2.45) is 11.3 Å². The van der Waals surface area contributed by atoms with Crippen LogP contribution in [-0.2, 0) is 9.59 Å². The summed E-state index contributed by atoms with van der Waals surface area (Å²) in [6.45, 7) is 8.67. The Hall–Kier alpha value is -0.900. The monoisotopic (exact) mass is 280 g/mol. The Balaban J connectivity index is 2.19. The van der Waals surface area contributed by atoms with Crippen molar-refractivity contribution in [1.29, 1.82) is 0 Å². The lowest BCUT2D eigenvalue weighted by Crippen LogP contribution is -2.52. The lowest BCUT2D eigenvalue weighted by atomic mass is 9.64. The summed E-state index contributed by atoms with van der Waals surface area (Å²) in [5, 5.41) is 2.55. The molecule has 0 radical (unpaired) electrons. The molecule has 2 amide bonds. The fourth-order valence-corrected chi connectivity index (χ4v) is 3.99. The summed E-state index contributed by atoms with van der Waals surface area (Å²) >= 11 is 0. The Labute approximate surface area is 122 Å². The average molecular weight is 280 g/mol. The minimum absolute atomic E-state index is 0.0253. The second-order valence-electron chi connectivity index (χ2n) is 6.78. The van der Waals surface area contributed by atoms with Gasteiger partial charge in [0.05, 0.1) is 0 Å². The molecule has 0 aromatic carbocycles. The van der Waals surface area contributed by atoms with E-state index in [4.69, 9.17) is 0 Å². The standard InChI is InChI=1S/C16H28N2O2/c1-4-6-13-15(20)17-14(19)11-16(13)7-5-9-18(10-8-16)12(2)3/h12-13H,4-11H2,1-3H3,(H,17,19,20). The maximum Gasteiger partial charge on any atom is 0.230 e. The van der Waals surface area contributed by atoms with Gasteiger partial charge in [-0.05, 0) is 58.0 Å². The Bertz CT molecular complexity index is 381. The number of hydrogen-bond acceptors (Lipinski definition) is 3. The van der Waals surface area contributed by atoms with E-state index in [2.05, 4.69) is 31.0 Å². The Morgan fingerprint density at radius 2 is 2.05 bits per heavy atom. The van der Waals surface area contributed by atoms with E-state index in [1.54, 1.807) is 0 Å². The topological polar surface area (TPSA) is 49.4 Å². The third kappa shape index (κ3) is 3.05. The molecular formula is C16H28N2O2. The fourth-order valence-electron chi connectivity index (χ4n) is 3.99. The number of nitrogens with zero attached hydrogens (tertiary/aromatic N) is 1. The number of hydrogen-bond donors (Lipinski definition) is 1. The van der Waals surface area contributed by atoms with Crippen molar-refractivity contribution in [3.63, 3.8) is 0 Å². The molecule has 1 N–H and O–H groups in total. The van der Waals surface area contributed by atoms with E-state index in [1.807, 2.05) is 0 Å². The van der Waals surface area contributed by atoms with E-state index >= 15 is 0 Å². The van der Waals surface area contributed by atoms with Crippen LogP contribution in [0.3, 0.4) is 0 Å². The predicted molar refractivity (Wildman–Crippen MR) is 79.2 cm³/mol. The van der Waals surface area contributed by atoms with Crippen molar-refractivity contribution < 1.29 is 9.59 Å². The molecule has 0 aromatic rings. The first-order chi connectivity index (χ1) is 9.48. The minimum atomic E-state index is -0.0843. The maximum atomic E-state index is 12.3. The van der Waals surface area contributed by atoms with Gasteiger partial charge in [0.25, 0.3) is 0 Å². The van der Waals surface area contributed by atoms with Crippen LogP contribution in [0.2, 0.25) is 0 Å². The van der Waals surface area contributed by atoms with Gasteiger partial charge in [0.2, 0.25) is 11.8 Å². The van der Waals surface area contributed by atoms with Gasteiger partial charge in [-0.3, -0.25) is 14.9 Å². The van der Waals surface area contributed by atoms with Crippen molar-refractivity contribution in [3.8, 4) is 0 Å².